The summed E-state index contributed by atoms with van der Waals surface area (Å²) < 4.78 is 14.9. The van der Waals surface area contributed by atoms with E-state index in [4.69, 9.17) is 0 Å². The van der Waals surface area contributed by atoms with Crippen molar-refractivity contribution in [2.75, 3.05) is 18.4 Å². The molecule has 0 bridgehead atoms. The van der Waals surface area contributed by atoms with Crippen molar-refractivity contribution in [1.29, 1.82) is 0 Å². The van der Waals surface area contributed by atoms with E-state index in [0.717, 1.165) is 12.2 Å². The van der Waals surface area contributed by atoms with Crippen LogP contribution in [0.25, 0.3) is 0 Å². The van der Waals surface area contributed by atoms with Gasteiger partial charge >= 0.3 is 0 Å². The number of hydrogen-bond donors (Lipinski definition) is 2. The number of nitrogens with one attached hydrogen (secondary N) is 2. The number of rotatable bonds is 6. The summed E-state index contributed by atoms with van der Waals surface area (Å²) in [7, 11) is 1.93. The van der Waals surface area contributed by atoms with E-state index in [0.29, 0.717) is 12.2 Å². The molecule has 1 amide bonds. The van der Waals surface area contributed by atoms with Crippen LogP contribution in [-0.4, -0.2) is 28.5 Å². The SMILES string of the molecule is Cn1ccnc1CCNCC(=O)Nc1cccc(F)c1. The first kappa shape index (κ1) is 14.2. The summed E-state index contributed by atoms with van der Waals surface area (Å²) in [5.74, 6) is 0.393. The van der Waals surface area contributed by atoms with Gasteiger partial charge in [-0.2, -0.15) is 0 Å². The van der Waals surface area contributed by atoms with Crippen LogP contribution >= 0.6 is 0 Å². The van der Waals surface area contributed by atoms with Crippen LogP contribution in [0.4, 0.5) is 10.1 Å². The van der Waals surface area contributed by atoms with Gasteiger partial charge < -0.3 is 15.2 Å². The van der Waals surface area contributed by atoms with Crippen LogP contribution in [0.5, 0.6) is 0 Å². The number of carbonyl (C=O) groups is 1. The number of aromatic nitrogens is 2. The van der Waals surface area contributed by atoms with Crippen LogP contribution < -0.4 is 10.6 Å². The molecule has 1 heterocycles. The van der Waals surface area contributed by atoms with Gasteiger partial charge in [-0.25, -0.2) is 9.37 Å². The van der Waals surface area contributed by atoms with Gasteiger partial charge in [0, 0.05) is 38.1 Å². The Morgan fingerprint density at radius 1 is 1.45 bits per heavy atom. The zero-order chi connectivity index (χ0) is 14.4. The summed E-state index contributed by atoms with van der Waals surface area (Å²) in [5, 5.41) is 5.65. The molecule has 0 unspecified atom stereocenters. The van der Waals surface area contributed by atoms with Crippen LogP contribution in [-0.2, 0) is 18.3 Å². The second-order valence-electron chi connectivity index (χ2n) is 4.44. The molecule has 0 radical (unpaired) electrons. The molecule has 6 heteroatoms. The topological polar surface area (TPSA) is 59.0 Å². The molecule has 0 aliphatic rings. The fourth-order valence-corrected chi connectivity index (χ4v) is 1.81. The number of anilines is 1. The molecular formula is C14H17FN4O. The lowest BCUT2D eigenvalue weighted by Crippen LogP contribution is -2.29. The number of carbonyl (C=O) groups excluding carboxylic acids is 1. The molecule has 0 aliphatic carbocycles. The van der Waals surface area contributed by atoms with E-state index in [9.17, 15) is 9.18 Å². The molecule has 0 aliphatic heterocycles. The molecular weight excluding hydrogens is 259 g/mol. The van der Waals surface area contributed by atoms with Crippen LogP contribution in [0.2, 0.25) is 0 Å². The summed E-state index contributed by atoms with van der Waals surface area (Å²) in [5.41, 5.74) is 0.459. The van der Waals surface area contributed by atoms with E-state index >= 15 is 0 Å². The van der Waals surface area contributed by atoms with Gasteiger partial charge in [-0.05, 0) is 18.2 Å². The average Bonchev–Trinajstić information content (AvgIpc) is 2.80. The van der Waals surface area contributed by atoms with Crippen LogP contribution in [0.15, 0.2) is 36.7 Å². The first-order chi connectivity index (χ1) is 9.65. The smallest absolute Gasteiger partial charge is 0.238 e. The van der Waals surface area contributed by atoms with Crippen molar-refractivity contribution in [1.82, 2.24) is 14.9 Å². The molecule has 1 aromatic heterocycles. The standard InChI is InChI=1S/C14H17FN4O/c1-19-8-7-17-13(19)5-6-16-10-14(20)18-12-4-2-3-11(15)9-12/h2-4,7-9,16H,5-6,10H2,1H3,(H,18,20). The highest BCUT2D eigenvalue weighted by molar-refractivity contribution is 5.92. The Morgan fingerprint density at radius 3 is 3.00 bits per heavy atom. The van der Waals surface area contributed by atoms with Gasteiger partial charge in [0.1, 0.15) is 11.6 Å². The van der Waals surface area contributed by atoms with Gasteiger partial charge in [0.05, 0.1) is 6.54 Å². The second-order valence-corrected chi connectivity index (χ2v) is 4.44. The minimum atomic E-state index is -0.370. The Kier molecular flexibility index (Phi) is 4.84. The molecule has 2 aromatic rings. The Balaban J connectivity index is 1.69. The summed E-state index contributed by atoms with van der Waals surface area (Å²) >= 11 is 0. The molecule has 106 valence electrons. The van der Waals surface area contributed by atoms with Gasteiger partial charge in [0.15, 0.2) is 0 Å². The zero-order valence-electron chi connectivity index (χ0n) is 11.3. The second kappa shape index (κ2) is 6.81. The van der Waals surface area contributed by atoms with E-state index in [2.05, 4.69) is 15.6 Å². The molecule has 1 aromatic carbocycles. The highest BCUT2D eigenvalue weighted by Crippen LogP contribution is 2.08. The van der Waals surface area contributed by atoms with Crippen molar-refractivity contribution < 1.29 is 9.18 Å². The van der Waals surface area contributed by atoms with E-state index in [1.54, 1.807) is 18.3 Å². The number of hydrogen-bond acceptors (Lipinski definition) is 3. The first-order valence-corrected chi connectivity index (χ1v) is 6.37. The average molecular weight is 276 g/mol. The third kappa shape index (κ3) is 4.17. The number of aryl methyl sites for hydroxylation is 1. The van der Waals surface area contributed by atoms with Gasteiger partial charge in [0.2, 0.25) is 5.91 Å². The van der Waals surface area contributed by atoms with Gasteiger partial charge in [0.25, 0.3) is 0 Å². The number of nitrogens with zero attached hydrogens (tertiary/aromatic N) is 2. The Bertz CT molecular complexity index is 582. The Labute approximate surface area is 116 Å². The maximum Gasteiger partial charge on any atom is 0.238 e. The van der Waals surface area contributed by atoms with Crippen molar-refractivity contribution in [3.05, 3.63) is 48.3 Å². The Hall–Kier alpha value is -2.21. The molecule has 0 spiro atoms. The predicted molar refractivity (Wildman–Crippen MR) is 74.8 cm³/mol. The normalized spacial score (nSPS) is 10.5. The highest BCUT2D eigenvalue weighted by Gasteiger charge is 2.03. The quantitative estimate of drug-likeness (QED) is 0.783. The summed E-state index contributed by atoms with van der Waals surface area (Å²) in [4.78, 5) is 15.8. The van der Waals surface area contributed by atoms with Gasteiger partial charge in [-0.3, -0.25) is 4.79 Å². The molecule has 2 N–H and O–H groups in total. The van der Waals surface area contributed by atoms with Crippen LogP contribution in [0, 0.1) is 5.82 Å². The molecule has 5 nitrogen and oxygen atoms in total. The highest BCUT2D eigenvalue weighted by atomic mass is 19.1. The third-order valence-electron chi connectivity index (χ3n) is 2.84. The first-order valence-electron chi connectivity index (χ1n) is 6.37. The molecule has 0 fully saturated rings. The summed E-state index contributed by atoms with van der Waals surface area (Å²) in [6.07, 6.45) is 4.37. The number of amides is 1. The van der Waals surface area contributed by atoms with Crippen molar-refractivity contribution >= 4 is 11.6 Å². The minimum absolute atomic E-state index is 0.181. The fourth-order valence-electron chi connectivity index (χ4n) is 1.81. The maximum atomic E-state index is 12.9. The third-order valence-corrected chi connectivity index (χ3v) is 2.84. The lowest BCUT2D eigenvalue weighted by molar-refractivity contribution is -0.115. The monoisotopic (exact) mass is 276 g/mol. The summed E-state index contributed by atoms with van der Waals surface area (Å²) in [6.45, 7) is 0.836. The van der Waals surface area contributed by atoms with E-state index in [-0.39, 0.29) is 18.3 Å². The zero-order valence-corrected chi connectivity index (χ0v) is 11.3. The molecule has 2 rings (SSSR count). The molecule has 20 heavy (non-hydrogen) atoms. The van der Waals surface area contributed by atoms with E-state index in [1.807, 2.05) is 17.8 Å². The minimum Gasteiger partial charge on any atom is -0.338 e. The number of imidazole rings is 1. The van der Waals surface area contributed by atoms with Crippen molar-refractivity contribution in [3.8, 4) is 0 Å². The largest absolute Gasteiger partial charge is 0.338 e. The van der Waals surface area contributed by atoms with Crippen molar-refractivity contribution in [2.24, 2.45) is 7.05 Å². The summed E-state index contributed by atoms with van der Waals surface area (Å²) in [6, 6.07) is 5.82. The van der Waals surface area contributed by atoms with Crippen LogP contribution in [0.1, 0.15) is 5.82 Å². The van der Waals surface area contributed by atoms with E-state index in [1.165, 1.54) is 12.1 Å². The molecule has 0 saturated heterocycles. The maximum absolute atomic E-state index is 12.9. The number of halogens is 1. The van der Waals surface area contributed by atoms with E-state index < -0.39 is 0 Å². The number of benzene rings is 1. The lowest BCUT2D eigenvalue weighted by Gasteiger charge is -2.07. The van der Waals surface area contributed by atoms with Crippen molar-refractivity contribution in [3.63, 3.8) is 0 Å². The molecule has 0 atom stereocenters. The van der Waals surface area contributed by atoms with Crippen molar-refractivity contribution in [2.45, 2.75) is 6.42 Å². The predicted octanol–water partition coefficient (Wildman–Crippen LogP) is 1.33. The van der Waals surface area contributed by atoms with Gasteiger partial charge in [-0.15, -0.1) is 0 Å². The lowest BCUT2D eigenvalue weighted by atomic mass is 10.3. The van der Waals surface area contributed by atoms with Crippen LogP contribution in [0.3, 0.4) is 0 Å². The fraction of sp³-hybridized carbons (Fsp3) is 0.286. The molecule has 0 saturated carbocycles. The van der Waals surface area contributed by atoms with Gasteiger partial charge in [-0.1, -0.05) is 6.07 Å². The Morgan fingerprint density at radius 2 is 2.30 bits per heavy atom.